The molecule has 0 bridgehead atoms. The predicted molar refractivity (Wildman–Crippen MR) is 64.1 cm³/mol. The molecule has 1 aromatic heterocycles. The standard InChI is InChI=1S/C11H9N3O4S/c1-2-3-10(11(15)16)14-19(17,18)9-5-4-8(6-12)13-7-9/h1,4-5,7,10,14H,3H2,(H,15,16). The smallest absolute Gasteiger partial charge is 0.322 e. The number of nitrogens with zero attached hydrogens (tertiary/aromatic N) is 2. The molecular formula is C11H9N3O4S. The van der Waals surface area contributed by atoms with Gasteiger partial charge in [0.1, 0.15) is 22.7 Å². The number of pyridine rings is 1. The van der Waals surface area contributed by atoms with Gasteiger partial charge in [0.05, 0.1) is 0 Å². The highest BCUT2D eigenvalue weighted by molar-refractivity contribution is 7.89. The first kappa shape index (κ1) is 14.6. The lowest BCUT2D eigenvalue weighted by Crippen LogP contribution is -2.40. The molecule has 0 spiro atoms. The molecule has 1 rings (SSSR count). The van der Waals surface area contributed by atoms with Gasteiger partial charge in [0.2, 0.25) is 10.0 Å². The SMILES string of the molecule is C#CCC(NS(=O)(=O)c1ccc(C#N)nc1)C(=O)O. The van der Waals surface area contributed by atoms with E-state index < -0.39 is 22.0 Å². The van der Waals surface area contributed by atoms with Crippen LogP contribution in [0.1, 0.15) is 12.1 Å². The number of nitriles is 1. The van der Waals surface area contributed by atoms with E-state index in [1.807, 2.05) is 4.72 Å². The zero-order valence-electron chi connectivity index (χ0n) is 9.57. The predicted octanol–water partition coefficient (Wildman–Crippen LogP) is -0.292. The molecule has 0 aliphatic carbocycles. The molecule has 8 heteroatoms. The molecule has 98 valence electrons. The Kier molecular flexibility index (Phi) is 4.59. The summed E-state index contributed by atoms with van der Waals surface area (Å²) in [5.74, 6) is 0.703. The van der Waals surface area contributed by atoms with Gasteiger partial charge < -0.3 is 5.11 Å². The number of carboxylic acids is 1. The van der Waals surface area contributed by atoms with Crippen molar-refractivity contribution >= 4 is 16.0 Å². The molecule has 0 saturated heterocycles. The molecule has 0 aromatic carbocycles. The number of aromatic nitrogens is 1. The molecule has 7 nitrogen and oxygen atoms in total. The van der Waals surface area contributed by atoms with Gasteiger partial charge in [-0.2, -0.15) is 9.98 Å². The van der Waals surface area contributed by atoms with Crippen LogP contribution in [-0.4, -0.2) is 30.5 Å². The van der Waals surface area contributed by atoms with Crippen molar-refractivity contribution in [1.82, 2.24) is 9.71 Å². The largest absolute Gasteiger partial charge is 0.480 e. The van der Waals surface area contributed by atoms with Crippen molar-refractivity contribution in [2.75, 3.05) is 0 Å². The van der Waals surface area contributed by atoms with Crippen molar-refractivity contribution in [3.63, 3.8) is 0 Å². The van der Waals surface area contributed by atoms with Crippen LogP contribution in [0.15, 0.2) is 23.2 Å². The maximum Gasteiger partial charge on any atom is 0.322 e. The van der Waals surface area contributed by atoms with Gasteiger partial charge >= 0.3 is 5.97 Å². The van der Waals surface area contributed by atoms with Gasteiger partial charge in [-0.3, -0.25) is 4.79 Å². The van der Waals surface area contributed by atoms with Crippen LogP contribution in [0.2, 0.25) is 0 Å². The zero-order chi connectivity index (χ0) is 14.5. The molecule has 0 radical (unpaired) electrons. The molecule has 1 atom stereocenters. The lowest BCUT2D eigenvalue weighted by Gasteiger charge is -2.11. The molecule has 2 N–H and O–H groups in total. The maximum absolute atomic E-state index is 11.9. The number of hydrogen-bond donors (Lipinski definition) is 2. The van der Waals surface area contributed by atoms with E-state index in [1.54, 1.807) is 6.07 Å². The Morgan fingerprint density at radius 1 is 1.58 bits per heavy atom. The van der Waals surface area contributed by atoms with Crippen molar-refractivity contribution in [3.8, 4) is 18.4 Å². The summed E-state index contributed by atoms with van der Waals surface area (Å²) in [6, 6.07) is 2.70. The molecule has 19 heavy (non-hydrogen) atoms. The second kappa shape index (κ2) is 5.96. The van der Waals surface area contributed by atoms with Crippen LogP contribution >= 0.6 is 0 Å². The summed E-state index contributed by atoms with van der Waals surface area (Å²) < 4.78 is 25.7. The van der Waals surface area contributed by atoms with Gasteiger partial charge in [-0.15, -0.1) is 12.3 Å². The Morgan fingerprint density at radius 3 is 2.68 bits per heavy atom. The summed E-state index contributed by atoms with van der Waals surface area (Å²) in [6.07, 6.45) is 5.65. The van der Waals surface area contributed by atoms with Crippen molar-refractivity contribution < 1.29 is 18.3 Å². The van der Waals surface area contributed by atoms with Crippen LogP contribution in [0.3, 0.4) is 0 Å². The van der Waals surface area contributed by atoms with Crippen LogP contribution in [0.25, 0.3) is 0 Å². The van der Waals surface area contributed by atoms with Gasteiger partial charge in [0, 0.05) is 12.6 Å². The third-order valence-electron chi connectivity index (χ3n) is 2.08. The Labute approximate surface area is 109 Å². The van der Waals surface area contributed by atoms with E-state index in [0.29, 0.717) is 0 Å². The number of hydrogen-bond acceptors (Lipinski definition) is 5. The fourth-order valence-electron chi connectivity index (χ4n) is 1.16. The first-order chi connectivity index (χ1) is 8.90. The van der Waals surface area contributed by atoms with Crippen molar-refractivity contribution in [2.45, 2.75) is 17.4 Å². The fourth-order valence-corrected chi connectivity index (χ4v) is 2.29. The third kappa shape index (κ3) is 3.78. The van der Waals surface area contributed by atoms with Crippen molar-refractivity contribution in [3.05, 3.63) is 24.0 Å². The minimum absolute atomic E-state index is 0.0531. The molecule has 0 aliphatic heterocycles. The first-order valence-corrected chi connectivity index (χ1v) is 6.44. The average Bonchev–Trinajstić information content (AvgIpc) is 2.38. The monoisotopic (exact) mass is 279 g/mol. The van der Waals surface area contributed by atoms with E-state index in [-0.39, 0.29) is 17.0 Å². The maximum atomic E-state index is 11.9. The Balaban J connectivity index is 3.00. The molecule has 1 unspecified atom stereocenters. The number of nitrogens with one attached hydrogen (secondary N) is 1. The van der Waals surface area contributed by atoms with Crippen LogP contribution in [-0.2, 0) is 14.8 Å². The highest BCUT2D eigenvalue weighted by Crippen LogP contribution is 2.09. The van der Waals surface area contributed by atoms with Crippen LogP contribution < -0.4 is 4.72 Å². The summed E-state index contributed by atoms with van der Waals surface area (Å²) >= 11 is 0. The van der Waals surface area contributed by atoms with Gasteiger partial charge in [-0.05, 0) is 12.1 Å². The van der Waals surface area contributed by atoms with Crippen LogP contribution in [0, 0.1) is 23.7 Å². The summed E-state index contributed by atoms with van der Waals surface area (Å²) in [5, 5.41) is 17.4. The van der Waals surface area contributed by atoms with E-state index >= 15 is 0 Å². The number of rotatable bonds is 5. The van der Waals surface area contributed by atoms with Crippen LogP contribution in [0.4, 0.5) is 0 Å². The normalized spacial score (nSPS) is 12.1. The molecule has 0 aliphatic rings. The number of carboxylic acid groups (broad SMARTS) is 1. The topological polar surface area (TPSA) is 120 Å². The Bertz CT molecular complexity index is 653. The summed E-state index contributed by atoms with van der Waals surface area (Å²) in [7, 11) is -4.05. The van der Waals surface area contributed by atoms with Gasteiger partial charge in [0.15, 0.2) is 0 Å². The molecule has 0 saturated carbocycles. The molecule has 1 heterocycles. The second-order valence-corrected chi connectivity index (χ2v) is 5.13. The number of terminal acetylenes is 1. The number of sulfonamides is 1. The third-order valence-corrected chi connectivity index (χ3v) is 3.54. The Morgan fingerprint density at radius 2 is 2.26 bits per heavy atom. The second-order valence-electron chi connectivity index (χ2n) is 3.41. The summed E-state index contributed by atoms with van der Waals surface area (Å²) in [6.45, 7) is 0. The van der Waals surface area contributed by atoms with E-state index in [4.69, 9.17) is 16.8 Å². The number of aliphatic carboxylic acids is 1. The molecule has 0 fully saturated rings. The first-order valence-electron chi connectivity index (χ1n) is 4.95. The van der Waals surface area contributed by atoms with Gasteiger partial charge in [0.25, 0.3) is 0 Å². The average molecular weight is 279 g/mol. The van der Waals surface area contributed by atoms with E-state index in [9.17, 15) is 13.2 Å². The van der Waals surface area contributed by atoms with E-state index in [1.165, 1.54) is 6.07 Å². The van der Waals surface area contributed by atoms with Gasteiger partial charge in [-0.1, -0.05) is 0 Å². The molecule has 0 amide bonds. The number of carbonyl (C=O) groups is 1. The molecular weight excluding hydrogens is 270 g/mol. The quantitative estimate of drug-likeness (QED) is 0.714. The van der Waals surface area contributed by atoms with Crippen molar-refractivity contribution in [1.29, 1.82) is 5.26 Å². The van der Waals surface area contributed by atoms with Crippen molar-refractivity contribution in [2.24, 2.45) is 0 Å². The Hall–Kier alpha value is -2.42. The van der Waals surface area contributed by atoms with E-state index in [0.717, 1.165) is 12.3 Å². The summed E-state index contributed by atoms with van der Waals surface area (Å²) in [5.41, 5.74) is 0.0531. The summed E-state index contributed by atoms with van der Waals surface area (Å²) in [4.78, 5) is 14.2. The zero-order valence-corrected chi connectivity index (χ0v) is 10.4. The van der Waals surface area contributed by atoms with Gasteiger partial charge in [-0.25, -0.2) is 13.4 Å². The lowest BCUT2D eigenvalue weighted by molar-refractivity contribution is -0.138. The fraction of sp³-hybridized carbons (Fsp3) is 0.182. The minimum atomic E-state index is -4.05. The van der Waals surface area contributed by atoms with Crippen LogP contribution in [0.5, 0.6) is 0 Å². The lowest BCUT2D eigenvalue weighted by atomic mass is 10.2. The molecule has 1 aromatic rings. The highest BCUT2D eigenvalue weighted by Gasteiger charge is 2.24. The minimum Gasteiger partial charge on any atom is -0.480 e. The highest BCUT2D eigenvalue weighted by atomic mass is 32.2. The van der Waals surface area contributed by atoms with E-state index in [2.05, 4.69) is 10.9 Å².